The lowest BCUT2D eigenvalue weighted by atomic mass is 9.66. The van der Waals surface area contributed by atoms with E-state index in [9.17, 15) is 5.11 Å². The summed E-state index contributed by atoms with van der Waals surface area (Å²) >= 11 is 10.1. The number of ether oxygens (including phenoxy) is 2. The summed E-state index contributed by atoms with van der Waals surface area (Å²) in [5.41, 5.74) is 1.88. The van der Waals surface area contributed by atoms with Crippen LogP contribution in [0.2, 0.25) is 5.02 Å². The second kappa shape index (κ2) is 10.6. The van der Waals surface area contributed by atoms with Crippen LogP contribution in [0.1, 0.15) is 29.0 Å². The molecule has 1 aliphatic rings. The Bertz CT molecular complexity index is 1420. The summed E-state index contributed by atoms with van der Waals surface area (Å²) < 4.78 is 13.0. The van der Waals surface area contributed by atoms with Gasteiger partial charge in [0.2, 0.25) is 5.88 Å². The molecule has 0 fully saturated rings. The quantitative estimate of drug-likeness (QED) is 0.277. The van der Waals surface area contributed by atoms with Crippen LogP contribution in [0.15, 0.2) is 77.3 Å². The summed E-state index contributed by atoms with van der Waals surface area (Å²) in [5.74, 6) is 0.442. The molecule has 0 unspecified atom stereocenters. The normalized spacial score (nSPS) is 20.2. The molecule has 1 aromatic heterocycles. The molecule has 0 aliphatic carbocycles. The monoisotopic (exact) mass is 580 g/mol. The number of methoxy groups -OCH3 is 1. The third kappa shape index (κ3) is 4.96. The van der Waals surface area contributed by atoms with Gasteiger partial charge in [0.25, 0.3) is 0 Å². The maximum atomic E-state index is 13.2. The summed E-state index contributed by atoms with van der Waals surface area (Å²) in [7, 11) is 5.68. The van der Waals surface area contributed by atoms with Gasteiger partial charge in [-0.05, 0) is 68.5 Å². The van der Waals surface area contributed by atoms with Crippen LogP contribution in [0.4, 0.5) is 0 Å². The molecule has 0 saturated heterocycles. The van der Waals surface area contributed by atoms with E-state index >= 15 is 0 Å². The number of benzene rings is 3. The highest BCUT2D eigenvalue weighted by Gasteiger charge is 2.50. The molecule has 1 N–H and O–H groups in total. The summed E-state index contributed by atoms with van der Waals surface area (Å²) in [6, 6.07) is 23.6. The molecule has 4 aromatic rings. The molecule has 0 spiro atoms. The topological polar surface area (TPSA) is 54.8 Å². The van der Waals surface area contributed by atoms with Crippen LogP contribution in [0.3, 0.4) is 0 Å². The van der Waals surface area contributed by atoms with Crippen molar-refractivity contribution in [3.8, 4) is 11.6 Å². The number of fused-ring (bicyclic) bond motifs is 2. The maximum Gasteiger partial charge on any atom is 0.217 e. The molecule has 5 rings (SSSR count). The molecule has 192 valence electrons. The summed E-state index contributed by atoms with van der Waals surface area (Å²) in [4.78, 5) is 6.98. The average molecular weight is 582 g/mol. The Morgan fingerprint density at radius 1 is 1.14 bits per heavy atom. The predicted molar refractivity (Wildman–Crippen MR) is 152 cm³/mol. The Morgan fingerprint density at radius 2 is 1.92 bits per heavy atom. The number of hydrogen-bond donors (Lipinski definition) is 1. The molecule has 7 heteroatoms. The van der Waals surface area contributed by atoms with Gasteiger partial charge in [-0.2, -0.15) is 0 Å². The molecule has 0 radical (unpaired) electrons. The van der Waals surface area contributed by atoms with E-state index in [1.165, 1.54) is 0 Å². The van der Waals surface area contributed by atoms with Gasteiger partial charge in [0, 0.05) is 44.4 Å². The molecular formula is C30H30BrClN2O3. The lowest BCUT2D eigenvalue weighted by molar-refractivity contribution is -0.0487. The molecule has 0 saturated carbocycles. The SMILES string of the molecule is COc1nc2ccc(Br)cc2cc1[C@H](c1ccccc1)[C@@]1(O)c2cc(Cl)ccc2OCC[C@@H]1CN(C)C. The van der Waals surface area contributed by atoms with Crippen LogP contribution in [0, 0.1) is 5.92 Å². The highest BCUT2D eigenvalue weighted by molar-refractivity contribution is 9.10. The van der Waals surface area contributed by atoms with Crippen LogP contribution in [-0.2, 0) is 5.60 Å². The molecule has 0 amide bonds. The fourth-order valence-electron chi connectivity index (χ4n) is 5.59. The number of aliphatic hydroxyl groups is 1. The van der Waals surface area contributed by atoms with Crippen LogP contribution in [0.5, 0.6) is 11.6 Å². The zero-order chi connectivity index (χ0) is 26.2. The van der Waals surface area contributed by atoms with Crippen LogP contribution in [0.25, 0.3) is 10.9 Å². The van der Waals surface area contributed by atoms with Gasteiger partial charge in [0.05, 0.1) is 19.2 Å². The van der Waals surface area contributed by atoms with Crippen molar-refractivity contribution >= 4 is 38.4 Å². The Morgan fingerprint density at radius 3 is 2.65 bits per heavy atom. The maximum absolute atomic E-state index is 13.2. The standard InChI is InChI=1S/C30H30BrClN2O3/c1-34(2)18-21-13-14-37-27-12-10-23(32)17-25(27)30(21,35)28(19-7-5-4-6-8-19)24-16-20-15-22(31)9-11-26(20)33-29(24)36-3/h4-12,15-17,21,28,35H,13-14,18H2,1-3H3/t21-,28+,30+/m1/s1. The van der Waals surface area contributed by atoms with Crippen molar-refractivity contribution in [2.75, 3.05) is 34.4 Å². The van der Waals surface area contributed by atoms with E-state index in [-0.39, 0.29) is 5.92 Å². The van der Waals surface area contributed by atoms with Gasteiger partial charge in [-0.25, -0.2) is 4.98 Å². The molecule has 5 nitrogen and oxygen atoms in total. The summed E-state index contributed by atoms with van der Waals surface area (Å²) in [6.07, 6.45) is 0.666. The Hall–Kier alpha value is -2.64. The van der Waals surface area contributed by atoms with E-state index in [1.54, 1.807) is 13.2 Å². The van der Waals surface area contributed by atoms with Gasteiger partial charge >= 0.3 is 0 Å². The third-order valence-corrected chi connectivity index (χ3v) is 7.88. The lowest BCUT2D eigenvalue weighted by Gasteiger charge is -2.43. The molecule has 0 bridgehead atoms. The zero-order valence-corrected chi connectivity index (χ0v) is 23.5. The summed E-state index contributed by atoms with van der Waals surface area (Å²) in [5, 5.41) is 14.7. The number of halogens is 2. The number of hydrogen-bond acceptors (Lipinski definition) is 5. The summed E-state index contributed by atoms with van der Waals surface area (Å²) in [6.45, 7) is 1.15. The van der Waals surface area contributed by atoms with E-state index in [0.717, 1.165) is 26.5 Å². The average Bonchev–Trinajstić information content (AvgIpc) is 3.01. The van der Waals surface area contributed by atoms with Crippen molar-refractivity contribution in [2.45, 2.75) is 17.9 Å². The third-order valence-electron chi connectivity index (χ3n) is 7.15. The Kier molecular flexibility index (Phi) is 7.46. The van der Waals surface area contributed by atoms with E-state index in [2.05, 4.69) is 39.0 Å². The van der Waals surface area contributed by atoms with Gasteiger partial charge in [0.15, 0.2) is 0 Å². The fraction of sp³-hybridized carbons (Fsp3) is 0.300. The highest BCUT2D eigenvalue weighted by Crippen LogP contribution is 2.53. The number of aromatic nitrogens is 1. The van der Waals surface area contributed by atoms with Crippen molar-refractivity contribution in [2.24, 2.45) is 5.92 Å². The van der Waals surface area contributed by atoms with Crippen molar-refractivity contribution in [1.29, 1.82) is 0 Å². The zero-order valence-electron chi connectivity index (χ0n) is 21.1. The van der Waals surface area contributed by atoms with Gasteiger partial charge in [-0.3, -0.25) is 0 Å². The molecule has 3 aromatic carbocycles. The molecule has 37 heavy (non-hydrogen) atoms. The van der Waals surface area contributed by atoms with Gasteiger partial charge in [-0.15, -0.1) is 0 Å². The van der Waals surface area contributed by atoms with Crippen LogP contribution < -0.4 is 9.47 Å². The van der Waals surface area contributed by atoms with Crippen molar-refractivity contribution in [3.05, 3.63) is 99.0 Å². The second-order valence-corrected chi connectivity index (χ2v) is 11.2. The number of rotatable bonds is 6. The van der Waals surface area contributed by atoms with Crippen LogP contribution in [-0.4, -0.2) is 49.3 Å². The molecule has 2 heterocycles. The lowest BCUT2D eigenvalue weighted by Crippen LogP contribution is -2.45. The minimum Gasteiger partial charge on any atom is -0.493 e. The van der Waals surface area contributed by atoms with Crippen LogP contribution >= 0.6 is 27.5 Å². The van der Waals surface area contributed by atoms with E-state index < -0.39 is 11.5 Å². The largest absolute Gasteiger partial charge is 0.493 e. The van der Waals surface area contributed by atoms with E-state index in [4.69, 9.17) is 26.1 Å². The minimum atomic E-state index is -1.38. The Balaban J connectivity index is 1.86. The van der Waals surface area contributed by atoms with Crippen molar-refractivity contribution in [1.82, 2.24) is 9.88 Å². The molecule has 1 aliphatic heterocycles. The minimum absolute atomic E-state index is 0.171. The first-order chi connectivity index (χ1) is 17.8. The highest BCUT2D eigenvalue weighted by atomic mass is 79.9. The van der Waals surface area contributed by atoms with Gasteiger partial charge in [-0.1, -0.05) is 57.9 Å². The first-order valence-corrected chi connectivity index (χ1v) is 13.5. The van der Waals surface area contributed by atoms with Crippen molar-refractivity contribution in [3.63, 3.8) is 0 Å². The predicted octanol–water partition coefficient (Wildman–Crippen LogP) is 6.64. The van der Waals surface area contributed by atoms with E-state index in [1.807, 2.05) is 62.6 Å². The van der Waals surface area contributed by atoms with Gasteiger partial charge in [0.1, 0.15) is 11.4 Å². The first-order valence-electron chi connectivity index (χ1n) is 12.3. The fourth-order valence-corrected chi connectivity index (χ4v) is 6.14. The van der Waals surface area contributed by atoms with E-state index in [0.29, 0.717) is 41.8 Å². The Labute approximate surface area is 231 Å². The first kappa shape index (κ1) is 26.0. The number of nitrogens with zero attached hydrogens (tertiary/aromatic N) is 2. The second-order valence-electron chi connectivity index (χ2n) is 9.83. The smallest absolute Gasteiger partial charge is 0.217 e. The molecular weight excluding hydrogens is 552 g/mol. The van der Waals surface area contributed by atoms with Crippen molar-refractivity contribution < 1.29 is 14.6 Å². The molecule has 3 atom stereocenters. The van der Waals surface area contributed by atoms with Gasteiger partial charge < -0.3 is 19.5 Å². The number of pyridine rings is 1.